The van der Waals surface area contributed by atoms with Crippen molar-refractivity contribution in [3.63, 3.8) is 0 Å². The van der Waals surface area contributed by atoms with E-state index in [4.69, 9.17) is 0 Å². The Morgan fingerprint density at radius 3 is 2.33 bits per heavy atom. The Kier molecular flexibility index (Phi) is 3.64. The van der Waals surface area contributed by atoms with E-state index >= 15 is 0 Å². The van der Waals surface area contributed by atoms with Crippen molar-refractivity contribution in [2.24, 2.45) is 0 Å². The van der Waals surface area contributed by atoms with Crippen molar-refractivity contribution in [1.82, 2.24) is 9.80 Å². The van der Waals surface area contributed by atoms with Crippen LogP contribution in [-0.2, 0) is 6.54 Å². The molecule has 0 N–H and O–H groups in total. The molecule has 3 unspecified atom stereocenters. The molecule has 3 rings (SSSR count). The second kappa shape index (κ2) is 5.24. The first-order chi connectivity index (χ1) is 8.74. The third-order valence-corrected chi connectivity index (χ3v) is 4.72. The largest absolute Gasteiger partial charge is 0.291 e. The highest BCUT2D eigenvalue weighted by atomic mass is 32.1. The van der Waals surface area contributed by atoms with Crippen LogP contribution in [0, 0.1) is 0 Å². The number of likely N-dealkylation sites (tertiary alicyclic amines) is 1. The molecule has 2 aliphatic heterocycles. The van der Waals surface area contributed by atoms with Crippen LogP contribution in [0.25, 0.3) is 0 Å². The molecule has 2 fully saturated rings. The van der Waals surface area contributed by atoms with Crippen molar-refractivity contribution in [2.45, 2.75) is 43.8 Å². The first kappa shape index (κ1) is 12.5. The highest BCUT2D eigenvalue weighted by Gasteiger charge is 2.40. The van der Waals surface area contributed by atoms with Crippen LogP contribution in [0.3, 0.4) is 0 Å². The lowest BCUT2D eigenvalue weighted by Crippen LogP contribution is -2.54. The number of thiol groups is 1. The van der Waals surface area contributed by atoms with E-state index in [9.17, 15) is 0 Å². The van der Waals surface area contributed by atoms with Crippen LogP contribution in [0.5, 0.6) is 0 Å². The van der Waals surface area contributed by atoms with Gasteiger partial charge in [0.05, 0.1) is 5.37 Å². The Labute approximate surface area is 115 Å². The minimum atomic E-state index is 0.395. The van der Waals surface area contributed by atoms with Crippen molar-refractivity contribution in [2.75, 3.05) is 13.1 Å². The maximum Gasteiger partial charge on any atom is 0.0500 e. The van der Waals surface area contributed by atoms with E-state index in [1.165, 1.54) is 31.5 Å². The Balaban J connectivity index is 1.69. The minimum Gasteiger partial charge on any atom is -0.291 e. The van der Waals surface area contributed by atoms with Gasteiger partial charge in [0.2, 0.25) is 0 Å². The van der Waals surface area contributed by atoms with Gasteiger partial charge in [0.1, 0.15) is 0 Å². The van der Waals surface area contributed by atoms with Gasteiger partial charge in [-0.1, -0.05) is 30.3 Å². The molecule has 0 radical (unpaired) electrons. The lowest BCUT2D eigenvalue weighted by molar-refractivity contribution is 0.0581. The highest BCUT2D eigenvalue weighted by molar-refractivity contribution is 7.80. The topological polar surface area (TPSA) is 6.48 Å². The van der Waals surface area contributed by atoms with Gasteiger partial charge in [0.25, 0.3) is 0 Å². The normalized spacial score (nSPS) is 30.6. The molecule has 2 saturated heterocycles. The standard InChI is InChI=1S/C15H22N2S/c1-12(18)16-10-14-7-8-15(11-16)17(14)9-13-5-3-2-4-6-13/h2-6,12,14-15,18H,7-11H2,1H3. The average molecular weight is 262 g/mol. The fourth-order valence-corrected chi connectivity index (χ4v) is 3.57. The third-order valence-electron chi connectivity index (χ3n) is 4.40. The molecule has 2 nitrogen and oxygen atoms in total. The molecule has 0 spiro atoms. The smallest absolute Gasteiger partial charge is 0.0500 e. The summed E-state index contributed by atoms with van der Waals surface area (Å²) in [5.74, 6) is 0. The fourth-order valence-electron chi connectivity index (χ4n) is 3.38. The zero-order chi connectivity index (χ0) is 12.5. The lowest BCUT2D eigenvalue weighted by Gasteiger charge is -2.42. The molecular weight excluding hydrogens is 240 g/mol. The Hall–Kier alpha value is -0.510. The van der Waals surface area contributed by atoms with E-state index in [1.807, 2.05) is 0 Å². The molecule has 2 bridgehead atoms. The molecule has 0 aliphatic carbocycles. The molecule has 3 atom stereocenters. The zero-order valence-electron chi connectivity index (χ0n) is 11.0. The van der Waals surface area contributed by atoms with E-state index in [-0.39, 0.29) is 0 Å². The van der Waals surface area contributed by atoms with E-state index in [1.54, 1.807) is 0 Å². The van der Waals surface area contributed by atoms with Crippen molar-refractivity contribution in [3.8, 4) is 0 Å². The monoisotopic (exact) mass is 262 g/mol. The summed E-state index contributed by atoms with van der Waals surface area (Å²) in [6.45, 7) is 5.68. The van der Waals surface area contributed by atoms with Crippen molar-refractivity contribution >= 4 is 12.6 Å². The minimum absolute atomic E-state index is 0.395. The molecule has 0 saturated carbocycles. The van der Waals surface area contributed by atoms with E-state index in [0.29, 0.717) is 5.37 Å². The molecule has 1 aromatic rings. The van der Waals surface area contributed by atoms with Crippen LogP contribution in [0.15, 0.2) is 30.3 Å². The number of nitrogens with zero attached hydrogens (tertiary/aromatic N) is 2. The molecular formula is C15H22N2S. The number of rotatable bonds is 3. The zero-order valence-corrected chi connectivity index (χ0v) is 11.9. The van der Waals surface area contributed by atoms with Gasteiger partial charge in [0.15, 0.2) is 0 Å². The fraction of sp³-hybridized carbons (Fsp3) is 0.600. The molecule has 2 heterocycles. The van der Waals surface area contributed by atoms with Gasteiger partial charge < -0.3 is 0 Å². The highest BCUT2D eigenvalue weighted by Crippen LogP contribution is 2.32. The van der Waals surface area contributed by atoms with Crippen molar-refractivity contribution in [3.05, 3.63) is 35.9 Å². The van der Waals surface area contributed by atoms with Gasteiger partial charge >= 0.3 is 0 Å². The van der Waals surface area contributed by atoms with E-state index in [0.717, 1.165) is 18.6 Å². The molecule has 1 aromatic carbocycles. The predicted molar refractivity (Wildman–Crippen MR) is 78.8 cm³/mol. The summed E-state index contributed by atoms with van der Waals surface area (Å²) in [5.41, 5.74) is 1.45. The molecule has 98 valence electrons. The van der Waals surface area contributed by atoms with Crippen LogP contribution >= 0.6 is 12.6 Å². The predicted octanol–water partition coefficient (Wildman–Crippen LogP) is 2.61. The first-order valence-electron chi connectivity index (χ1n) is 6.96. The van der Waals surface area contributed by atoms with Crippen LogP contribution in [0.4, 0.5) is 0 Å². The van der Waals surface area contributed by atoms with E-state index in [2.05, 4.69) is 59.7 Å². The summed E-state index contributed by atoms with van der Waals surface area (Å²) in [5, 5.41) is 0.395. The molecule has 2 aliphatic rings. The second-order valence-corrected chi connectivity index (χ2v) is 6.38. The molecule has 3 heteroatoms. The molecule has 18 heavy (non-hydrogen) atoms. The lowest BCUT2D eigenvalue weighted by atomic mass is 10.1. The van der Waals surface area contributed by atoms with E-state index < -0.39 is 0 Å². The Bertz CT molecular complexity index is 379. The number of hydrogen-bond acceptors (Lipinski definition) is 3. The Morgan fingerprint density at radius 1 is 1.17 bits per heavy atom. The maximum absolute atomic E-state index is 4.59. The van der Waals surface area contributed by atoms with Crippen LogP contribution in [-0.4, -0.2) is 40.3 Å². The van der Waals surface area contributed by atoms with Crippen molar-refractivity contribution < 1.29 is 0 Å². The van der Waals surface area contributed by atoms with Crippen molar-refractivity contribution in [1.29, 1.82) is 0 Å². The number of piperazine rings is 1. The van der Waals surface area contributed by atoms with Gasteiger partial charge in [0, 0.05) is 31.7 Å². The summed E-state index contributed by atoms with van der Waals surface area (Å²) in [6.07, 6.45) is 2.71. The van der Waals surface area contributed by atoms with Gasteiger partial charge in [-0.15, -0.1) is 0 Å². The van der Waals surface area contributed by atoms with Gasteiger partial charge in [-0.25, -0.2) is 0 Å². The van der Waals surface area contributed by atoms with Gasteiger partial charge in [-0.05, 0) is 25.3 Å². The number of benzene rings is 1. The summed E-state index contributed by atoms with van der Waals surface area (Å²) in [7, 11) is 0. The van der Waals surface area contributed by atoms with Crippen LogP contribution in [0.1, 0.15) is 25.3 Å². The summed E-state index contributed by atoms with van der Waals surface area (Å²) in [6, 6.07) is 12.3. The average Bonchev–Trinajstić information content (AvgIpc) is 2.62. The van der Waals surface area contributed by atoms with Gasteiger partial charge in [-0.2, -0.15) is 12.6 Å². The van der Waals surface area contributed by atoms with Gasteiger partial charge in [-0.3, -0.25) is 9.80 Å². The van der Waals surface area contributed by atoms with Crippen LogP contribution < -0.4 is 0 Å². The third kappa shape index (κ3) is 2.44. The molecule has 0 amide bonds. The number of fused-ring (bicyclic) bond motifs is 2. The number of hydrogen-bond donors (Lipinski definition) is 1. The SMILES string of the molecule is CC(S)N1CC2CCC(C1)N2Cc1ccccc1. The summed E-state index contributed by atoms with van der Waals surface area (Å²) >= 11 is 4.59. The first-order valence-corrected chi connectivity index (χ1v) is 7.47. The summed E-state index contributed by atoms with van der Waals surface area (Å²) < 4.78 is 0. The Morgan fingerprint density at radius 2 is 1.78 bits per heavy atom. The second-order valence-electron chi connectivity index (χ2n) is 5.63. The maximum atomic E-state index is 4.59. The van der Waals surface area contributed by atoms with Crippen LogP contribution in [0.2, 0.25) is 0 Å². The quantitative estimate of drug-likeness (QED) is 0.837. The summed E-state index contributed by atoms with van der Waals surface area (Å²) in [4.78, 5) is 5.23. The molecule has 0 aromatic heterocycles.